The first kappa shape index (κ1) is 9.31. The highest BCUT2D eigenvalue weighted by Gasteiger charge is 2.20. The molecule has 0 radical (unpaired) electrons. The van der Waals surface area contributed by atoms with Crippen LogP contribution in [-0.2, 0) is 12.8 Å². The van der Waals surface area contributed by atoms with Gasteiger partial charge in [0.15, 0.2) is 0 Å². The van der Waals surface area contributed by atoms with Crippen LogP contribution in [0.15, 0.2) is 24.4 Å². The third-order valence-corrected chi connectivity index (χ3v) is 3.93. The van der Waals surface area contributed by atoms with E-state index in [0.717, 1.165) is 19.3 Å². The number of aryl methyl sites for hydroxylation is 1. The molecule has 0 bridgehead atoms. The van der Waals surface area contributed by atoms with Crippen molar-refractivity contribution in [1.82, 2.24) is 9.97 Å². The van der Waals surface area contributed by atoms with Gasteiger partial charge < -0.3 is 15.7 Å². The number of benzene rings is 1. The highest BCUT2D eigenvalue weighted by atomic mass is 14.8. The lowest BCUT2D eigenvalue weighted by Crippen LogP contribution is -2.27. The molecule has 1 aliphatic rings. The first-order valence-electron chi connectivity index (χ1n) is 6.18. The molecule has 3 aromatic rings. The zero-order chi connectivity index (χ0) is 11.4. The second kappa shape index (κ2) is 3.14. The Balaban J connectivity index is 2.10. The van der Waals surface area contributed by atoms with Gasteiger partial charge in [-0.15, -0.1) is 0 Å². The molecule has 17 heavy (non-hydrogen) atoms. The summed E-state index contributed by atoms with van der Waals surface area (Å²) in [5.41, 5.74) is 11.4. The molecule has 1 atom stereocenters. The van der Waals surface area contributed by atoms with Gasteiger partial charge in [0, 0.05) is 34.2 Å². The molecule has 0 fully saturated rings. The molecule has 86 valence electrons. The maximum Gasteiger partial charge on any atom is 0.0554 e. The number of nitrogens with one attached hydrogen (secondary N) is 2. The molecule has 4 rings (SSSR count). The van der Waals surface area contributed by atoms with E-state index in [1.54, 1.807) is 0 Å². The van der Waals surface area contributed by atoms with Gasteiger partial charge in [-0.3, -0.25) is 0 Å². The molecule has 1 aromatic carbocycles. The van der Waals surface area contributed by atoms with Gasteiger partial charge in [-0.05, 0) is 37.0 Å². The van der Waals surface area contributed by atoms with Gasteiger partial charge in [-0.2, -0.15) is 0 Å². The monoisotopic (exact) mass is 225 g/mol. The molecule has 0 saturated heterocycles. The van der Waals surface area contributed by atoms with E-state index in [2.05, 4.69) is 28.2 Å². The van der Waals surface area contributed by atoms with Crippen molar-refractivity contribution in [3.8, 4) is 0 Å². The summed E-state index contributed by atoms with van der Waals surface area (Å²) in [4.78, 5) is 6.85. The second-order valence-corrected chi connectivity index (χ2v) is 5.01. The van der Waals surface area contributed by atoms with Crippen LogP contribution in [0.5, 0.6) is 0 Å². The topological polar surface area (TPSA) is 57.6 Å². The van der Waals surface area contributed by atoms with Crippen LogP contribution in [0.1, 0.15) is 17.7 Å². The first-order chi connectivity index (χ1) is 8.33. The van der Waals surface area contributed by atoms with E-state index in [-0.39, 0.29) is 0 Å². The van der Waals surface area contributed by atoms with Crippen molar-refractivity contribution in [2.75, 3.05) is 0 Å². The fourth-order valence-electron chi connectivity index (χ4n) is 3.05. The molecule has 2 aromatic heterocycles. The zero-order valence-electron chi connectivity index (χ0n) is 9.59. The summed E-state index contributed by atoms with van der Waals surface area (Å²) in [6, 6.07) is 6.83. The molecule has 0 spiro atoms. The number of H-pyrrole nitrogens is 2. The van der Waals surface area contributed by atoms with E-state index in [1.165, 1.54) is 33.1 Å². The minimum atomic E-state index is 0.323. The van der Waals surface area contributed by atoms with Gasteiger partial charge >= 0.3 is 0 Å². The molecular formula is C14H15N3. The van der Waals surface area contributed by atoms with E-state index >= 15 is 0 Å². The van der Waals surface area contributed by atoms with Gasteiger partial charge in [0.25, 0.3) is 0 Å². The summed E-state index contributed by atoms with van der Waals surface area (Å²) in [7, 11) is 0. The Morgan fingerprint density at radius 3 is 3.06 bits per heavy atom. The van der Waals surface area contributed by atoms with Crippen molar-refractivity contribution in [3.63, 3.8) is 0 Å². The van der Waals surface area contributed by atoms with Crippen molar-refractivity contribution in [3.05, 3.63) is 35.7 Å². The lowest BCUT2D eigenvalue weighted by Gasteiger charge is -2.17. The van der Waals surface area contributed by atoms with Crippen LogP contribution in [0.4, 0.5) is 0 Å². The lowest BCUT2D eigenvalue weighted by atomic mass is 9.92. The molecule has 0 amide bonds. The molecule has 3 nitrogen and oxygen atoms in total. The predicted molar refractivity (Wildman–Crippen MR) is 70.2 cm³/mol. The van der Waals surface area contributed by atoms with E-state index in [1.807, 2.05) is 6.20 Å². The maximum absolute atomic E-state index is 6.07. The van der Waals surface area contributed by atoms with Crippen LogP contribution in [0.25, 0.3) is 21.8 Å². The summed E-state index contributed by atoms with van der Waals surface area (Å²) < 4.78 is 0. The van der Waals surface area contributed by atoms with Crippen molar-refractivity contribution in [1.29, 1.82) is 0 Å². The molecule has 3 heteroatoms. The van der Waals surface area contributed by atoms with Crippen LogP contribution >= 0.6 is 0 Å². The number of hydrogen-bond acceptors (Lipinski definition) is 1. The SMILES string of the molecule is N[C@@H]1CCc2[nH]c3c(ccc4[nH]ccc43)c2C1. The van der Waals surface area contributed by atoms with Gasteiger partial charge in [-0.25, -0.2) is 0 Å². The number of fused-ring (bicyclic) bond motifs is 5. The second-order valence-electron chi connectivity index (χ2n) is 5.01. The average Bonchev–Trinajstić information content (AvgIpc) is 2.91. The van der Waals surface area contributed by atoms with Gasteiger partial charge in [0.2, 0.25) is 0 Å². The highest BCUT2D eigenvalue weighted by Crippen LogP contribution is 2.32. The maximum atomic E-state index is 6.07. The van der Waals surface area contributed by atoms with E-state index < -0.39 is 0 Å². The van der Waals surface area contributed by atoms with Crippen molar-refractivity contribution >= 4 is 21.8 Å². The number of aromatic nitrogens is 2. The van der Waals surface area contributed by atoms with Crippen LogP contribution in [0.2, 0.25) is 0 Å². The third-order valence-electron chi connectivity index (χ3n) is 3.93. The lowest BCUT2D eigenvalue weighted by molar-refractivity contribution is 0.574. The normalized spacial score (nSPS) is 19.9. The Labute approximate surface area is 99.0 Å². The number of aromatic amines is 2. The molecule has 0 unspecified atom stereocenters. The Hall–Kier alpha value is -1.74. The summed E-state index contributed by atoms with van der Waals surface area (Å²) in [6.07, 6.45) is 5.17. The molecule has 0 aliphatic heterocycles. The molecule has 0 saturated carbocycles. The quantitative estimate of drug-likeness (QED) is 0.541. The first-order valence-corrected chi connectivity index (χ1v) is 6.18. The van der Waals surface area contributed by atoms with Gasteiger partial charge in [-0.1, -0.05) is 6.07 Å². The van der Waals surface area contributed by atoms with E-state index in [0.29, 0.717) is 6.04 Å². The van der Waals surface area contributed by atoms with Crippen molar-refractivity contribution in [2.24, 2.45) is 5.73 Å². The van der Waals surface area contributed by atoms with E-state index in [9.17, 15) is 0 Å². The third kappa shape index (κ3) is 1.20. The summed E-state index contributed by atoms with van der Waals surface area (Å²) in [5.74, 6) is 0. The number of nitrogens with two attached hydrogens (primary N) is 1. The minimum Gasteiger partial charge on any atom is -0.361 e. The van der Waals surface area contributed by atoms with Gasteiger partial charge in [0.1, 0.15) is 0 Å². The summed E-state index contributed by atoms with van der Waals surface area (Å²) >= 11 is 0. The Bertz CT molecular complexity index is 705. The average molecular weight is 225 g/mol. The zero-order valence-corrected chi connectivity index (χ0v) is 9.59. The smallest absolute Gasteiger partial charge is 0.0554 e. The fourth-order valence-corrected chi connectivity index (χ4v) is 3.05. The van der Waals surface area contributed by atoms with E-state index in [4.69, 9.17) is 5.73 Å². The summed E-state index contributed by atoms with van der Waals surface area (Å²) in [6.45, 7) is 0. The molecule has 1 aliphatic carbocycles. The van der Waals surface area contributed by atoms with Crippen LogP contribution < -0.4 is 5.73 Å². The number of rotatable bonds is 0. The molecule has 4 N–H and O–H groups in total. The van der Waals surface area contributed by atoms with Gasteiger partial charge in [0.05, 0.1) is 5.52 Å². The molecule has 2 heterocycles. The van der Waals surface area contributed by atoms with Crippen molar-refractivity contribution < 1.29 is 0 Å². The van der Waals surface area contributed by atoms with Crippen molar-refractivity contribution in [2.45, 2.75) is 25.3 Å². The summed E-state index contributed by atoms with van der Waals surface area (Å²) in [5, 5.41) is 2.63. The Morgan fingerprint density at radius 2 is 2.12 bits per heavy atom. The molecular weight excluding hydrogens is 210 g/mol. The predicted octanol–water partition coefficient (Wildman–Crippen LogP) is 2.47. The highest BCUT2D eigenvalue weighted by molar-refractivity contribution is 6.06. The number of hydrogen-bond donors (Lipinski definition) is 3. The largest absolute Gasteiger partial charge is 0.361 e. The minimum absolute atomic E-state index is 0.323. The van der Waals surface area contributed by atoms with Crippen LogP contribution in [-0.4, -0.2) is 16.0 Å². The standard InChI is InChI=1S/C14H15N3/c15-8-1-3-13-11(7-8)9-2-4-12-10(5-6-16-12)14(9)17-13/h2,4-6,8,16-17H,1,3,7,15H2/t8-/m1/s1. The Kier molecular flexibility index (Phi) is 1.72. The fraction of sp³-hybridized carbons (Fsp3) is 0.286. The van der Waals surface area contributed by atoms with Crippen LogP contribution in [0.3, 0.4) is 0 Å². The van der Waals surface area contributed by atoms with Crippen LogP contribution in [0, 0.1) is 0 Å². The Morgan fingerprint density at radius 1 is 1.18 bits per heavy atom.